The molecule has 23 heavy (non-hydrogen) atoms. The van der Waals surface area contributed by atoms with E-state index in [4.69, 9.17) is 0 Å². The van der Waals surface area contributed by atoms with E-state index < -0.39 is 9.84 Å². The van der Waals surface area contributed by atoms with Crippen LogP contribution in [0.2, 0.25) is 0 Å². The van der Waals surface area contributed by atoms with Crippen molar-refractivity contribution in [1.82, 2.24) is 15.2 Å². The molecule has 1 aromatic rings. The Balaban J connectivity index is 1.66. The molecule has 2 aliphatic heterocycles. The van der Waals surface area contributed by atoms with Crippen LogP contribution in [-0.4, -0.2) is 75.0 Å². The zero-order valence-corrected chi connectivity index (χ0v) is 14.1. The Bertz CT molecular complexity index is 684. The number of likely N-dealkylation sites (N-methyl/N-ethyl adjacent to an activating group) is 1. The van der Waals surface area contributed by atoms with Crippen molar-refractivity contribution in [3.8, 4) is 0 Å². The van der Waals surface area contributed by atoms with Gasteiger partial charge in [-0.1, -0.05) is 0 Å². The van der Waals surface area contributed by atoms with Crippen LogP contribution in [0.5, 0.6) is 0 Å². The first-order valence-electron chi connectivity index (χ1n) is 7.83. The average Bonchev–Trinajstić information content (AvgIpc) is 2.87. The molecule has 126 valence electrons. The molecule has 2 fully saturated rings. The second kappa shape index (κ2) is 6.45. The first-order chi connectivity index (χ1) is 10.9. The maximum absolute atomic E-state index is 12.3. The first-order valence-corrected chi connectivity index (χ1v) is 9.65. The van der Waals surface area contributed by atoms with Crippen LogP contribution >= 0.6 is 0 Å². The summed E-state index contributed by atoms with van der Waals surface area (Å²) in [6, 6.07) is 1.54. The molecule has 1 unspecified atom stereocenters. The third-order valence-electron chi connectivity index (χ3n) is 4.42. The van der Waals surface area contributed by atoms with E-state index in [0.717, 1.165) is 31.9 Å². The Hall–Kier alpha value is -1.67. The van der Waals surface area contributed by atoms with Crippen LogP contribution in [0.4, 0.5) is 5.69 Å². The minimum atomic E-state index is -3.00. The van der Waals surface area contributed by atoms with E-state index in [1.54, 1.807) is 6.20 Å². The van der Waals surface area contributed by atoms with Gasteiger partial charge in [-0.25, -0.2) is 8.42 Å². The monoisotopic (exact) mass is 338 g/mol. The number of pyridine rings is 1. The zero-order valence-electron chi connectivity index (χ0n) is 13.2. The molecule has 3 rings (SSSR count). The van der Waals surface area contributed by atoms with Crippen molar-refractivity contribution in [2.75, 3.05) is 49.6 Å². The molecule has 8 heteroatoms. The van der Waals surface area contributed by atoms with E-state index >= 15 is 0 Å². The maximum atomic E-state index is 12.3. The third-order valence-corrected chi connectivity index (χ3v) is 6.19. The molecule has 0 aromatic carbocycles. The summed E-state index contributed by atoms with van der Waals surface area (Å²) in [7, 11) is -0.905. The van der Waals surface area contributed by atoms with Crippen molar-refractivity contribution in [2.45, 2.75) is 12.5 Å². The molecule has 1 aromatic heterocycles. The van der Waals surface area contributed by atoms with Crippen LogP contribution in [0.3, 0.4) is 0 Å². The van der Waals surface area contributed by atoms with Gasteiger partial charge in [0, 0.05) is 38.4 Å². The number of hydrogen-bond donors (Lipinski definition) is 1. The van der Waals surface area contributed by atoms with E-state index in [1.165, 1.54) is 6.20 Å². The van der Waals surface area contributed by atoms with Crippen molar-refractivity contribution in [3.63, 3.8) is 0 Å². The molecule has 0 bridgehead atoms. The second-order valence-corrected chi connectivity index (χ2v) is 8.52. The molecular formula is C15H22N4O3S. The average molecular weight is 338 g/mol. The quantitative estimate of drug-likeness (QED) is 0.818. The fourth-order valence-corrected chi connectivity index (χ4v) is 4.64. The summed E-state index contributed by atoms with van der Waals surface area (Å²) in [5.74, 6) is -0.0717. The van der Waals surface area contributed by atoms with Gasteiger partial charge >= 0.3 is 0 Å². The van der Waals surface area contributed by atoms with Gasteiger partial charge in [0.2, 0.25) is 0 Å². The van der Waals surface area contributed by atoms with Crippen LogP contribution in [-0.2, 0) is 9.84 Å². The maximum Gasteiger partial charge on any atom is 0.253 e. The lowest BCUT2D eigenvalue weighted by atomic mass is 10.2. The number of rotatable bonds is 3. The van der Waals surface area contributed by atoms with E-state index in [-0.39, 0.29) is 23.5 Å². The minimum absolute atomic E-state index is 0.0321. The highest BCUT2D eigenvalue weighted by Crippen LogP contribution is 2.17. The first kappa shape index (κ1) is 16.2. The predicted octanol–water partition coefficient (Wildman–Crippen LogP) is -0.250. The number of amides is 1. The van der Waals surface area contributed by atoms with Crippen molar-refractivity contribution in [1.29, 1.82) is 0 Å². The fourth-order valence-electron chi connectivity index (χ4n) is 2.97. The molecule has 3 heterocycles. The fraction of sp³-hybridized carbons (Fsp3) is 0.600. The molecule has 0 saturated carbocycles. The molecule has 1 amide bonds. The Morgan fingerprint density at radius 1 is 1.26 bits per heavy atom. The van der Waals surface area contributed by atoms with E-state index in [0.29, 0.717) is 12.0 Å². The number of anilines is 1. The number of aromatic nitrogens is 1. The van der Waals surface area contributed by atoms with Gasteiger partial charge in [-0.05, 0) is 19.5 Å². The molecule has 7 nitrogen and oxygen atoms in total. The van der Waals surface area contributed by atoms with Crippen LogP contribution in [0.1, 0.15) is 16.8 Å². The van der Waals surface area contributed by atoms with E-state index in [9.17, 15) is 13.2 Å². The van der Waals surface area contributed by atoms with E-state index in [1.807, 2.05) is 6.07 Å². The molecule has 0 aliphatic carbocycles. The molecular weight excluding hydrogens is 316 g/mol. The lowest BCUT2D eigenvalue weighted by molar-refractivity contribution is 0.0941. The molecule has 0 radical (unpaired) electrons. The van der Waals surface area contributed by atoms with Crippen LogP contribution in [0.15, 0.2) is 18.5 Å². The van der Waals surface area contributed by atoms with Crippen LogP contribution < -0.4 is 10.2 Å². The SMILES string of the molecule is CN1CCN(c2cncc(C(=O)NC3CCS(=O)(=O)C3)c2)CC1. The Morgan fingerprint density at radius 3 is 2.65 bits per heavy atom. The number of nitrogens with zero attached hydrogens (tertiary/aromatic N) is 3. The predicted molar refractivity (Wildman–Crippen MR) is 88.5 cm³/mol. The second-order valence-electron chi connectivity index (χ2n) is 6.30. The highest BCUT2D eigenvalue weighted by Gasteiger charge is 2.29. The minimum Gasteiger partial charge on any atom is -0.368 e. The number of hydrogen-bond acceptors (Lipinski definition) is 6. The van der Waals surface area contributed by atoms with E-state index in [2.05, 4.69) is 27.1 Å². The summed E-state index contributed by atoms with van der Waals surface area (Å²) < 4.78 is 22.9. The number of nitrogens with one attached hydrogen (secondary N) is 1. The van der Waals surface area contributed by atoms with Gasteiger partial charge in [-0.2, -0.15) is 0 Å². The topological polar surface area (TPSA) is 82.6 Å². The van der Waals surface area contributed by atoms with Crippen molar-refractivity contribution in [2.24, 2.45) is 0 Å². The van der Waals surface area contributed by atoms with Gasteiger partial charge in [0.1, 0.15) is 0 Å². The van der Waals surface area contributed by atoms with Gasteiger partial charge < -0.3 is 15.1 Å². The van der Waals surface area contributed by atoms with Crippen molar-refractivity contribution in [3.05, 3.63) is 24.0 Å². The summed E-state index contributed by atoms with van der Waals surface area (Å²) in [5.41, 5.74) is 1.41. The van der Waals surface area contributed by atoms with Gasteiger partial charge in [0.25, 0.3) is 5.91 Å². The van der Waals surface area contributed by atoms with Gasteiger partial charge in [-0.3, -0.25) is 9.78 Å². The highest BCUT2D eigenvalue weighted by molar-refractivity contribution is 7.91. The van der Waals surface area contributed by atoms with Crippen molar-refractivity contribution >= 4 is 21.4 Å². The largest absolute Gasteiger partial charge is 0.368 e. The third kappa shape index (κ3) is 4.00. The highest BCUT2D eigenvalue weighted by atomic mass is 32.2. The smallest absolute Gasteiger partial charge is 0.253 e. The summed E-state index contributed by atoms with van der Waals surface area (Å²) in [5, 5.41) is 2.80. The Labute approximate surface area is 136 Å². The number of sulfone groups is 1. The van der Waals surface area contributed by atoms with Gasteiger partial charge in [-0.15, -0.1) is 0 Å². The Morgan fingerprint density at radius 2 is 2.00 bits per heavy atom. The molecule has 1 atom stereocenters. The summed E-state index contributed by atoms with van der Waals surface area (Å²) in [6.45, 7) is 3.78. The lowest BCUT2D eigenvalue weighted by Crippen LogP contribution is -2.44. The summed E-state index contributed by atoms with van der Waals surface area (Å²) in [4.78, 5) is 21.0. The number of carbonyl (C=O) groups is 1. The standard InChI is InChI=1S/C15H22N4O3S/c1-18-3-5-19(6-4-18)14-8-12(9-16-10-14)15(20)17-13-2-7-23(21,22)11-13/h8-10,13H,2-7,11H2,1H3,(H,17,20). The van der Waals surface area contributed by atoms with Crippen LogP contribution in [0.25, 0.3) is 0 Å². The van der Waals surface area contributed by atoms with Crippen molar-refractivity contribution < 1.29 is 13.2 Å². The number of carbonyl (C=O) groups excluding carboxylic acids is 1. The summed E-state index contributed by atoms with van der Waals surface area (Å²) in [6.07, 6.45) is 3.78. The Kier molecular flexibility index (Phi) is 4.54. The molecule has 2 aliphatic rings. The zero-order chi connectivity index (χ0) is 16.4. The molecule has 2 saturated heterocycles. The van der Waals surface area contributed by atoms with Crippen LogP contribution in [0, 0.1) is 0 Å². The molecule has 0 spiro atoms. The normalized spacial score (nSPS) is 24.6. The summed E-state index contributed by atoms with van der Waals surface area (Å²) >= 11 is 0. The van der Waals surface area contributed by atoms with Gasteiger partial charge in [0.15, 0.2) is 9.84 Å². The number of piperazine rings is 1. The molecule has 1 N–H and O–H groups in total. The van der Waals surface area contributed by atoms with Gasteiger partial charge in [0.05, 0.1) is 29.0 Å². The lowest BCUT2D eigenvalue weighted by Gasteiger charge is -2.33.